The van der Waals surface area contributed by atoms with Gasteiger partial charge in [-0.15, -0.1) is 0 Å². The van der Waals surface area contributed by atoms with Gasteiger partial charge >= 0.3 is 0 Å². The number of nitrogens with one attached hydrogen (secondary N) is 1. The van der Waals surface area contributed by atoms with Gasteiger partial charge in [-0.2, -0.15) is 5.10 Å². The molecule has 1 aliphatic heterocycles. The molecule has 6 heteroatoms. The van der Waals surface area contributed by atoms with Crippen LogP contribution < -0.4 is 10.2 Å². The lowest BCUT2D eigenvalue weighted by molar-refractivity contribution is 0.340. The van der Waals surface area contributed by atoms with E-state index in [2.05, 4.69) is 20.5 Å². The van der Waals surface area contributed by atoms with E-state index in [0.717, 1.165) is 33.8 Å². The number of nitrogens with zero attached hydrogens (tertiary/aromatic N) is 4. The zero-order valence-electron chi connectivity index (χ0n) is 14.3. The molecule has 0 bridgehead atoms. The highest BCUT2D eigenvalue weighted by atomic mass is 16.5. The second-order valence-electron chi connectivity index (χ2n) is 5.62. The highest BCUT2D eigenvalue weighted by molar-refractivity contribution is 6.18. The van der Waals surface area contributed by atoms with Gasteiger partial charge in [-0.25, -0.2) is 4.99 Å². The molecule has 26 heavy (non-hydrogen) atoms. The molecule has 0 unspecified atom stereocenters. The molecular weight excluding hydrogens is 326 g/mol. The van der Waals surface area contributed by atoms with Gasteiger partial charge in [-0.3, -0.25) is 15.4 Å². The first kappa shape index (κ1) is 16.0. The third kappa shape index (κ3) is 3.17. The Morgan fingerprint density at radius 2 is 1.85 bits per heavy atom. The topological polar surface area (TPSA) is 71.8 Å². The number of benzene rings is 1. The molecule has 0 radical (unpaired) electrons. The van der Waals surface area contributed by atoms with Gasteiger partial charge in [0.2, 0.25) is 0 Å². The number of aliphatic imine (C=N–C) groups is 1. The van der Waals surface area contributed by atoms with Gasteiger partial charge in [0, 0.05) is 41.5 Å². The largest absolute Gasteiger partial charge is 0.494 e. The molecule has 0 fully saturated rings. The summed E-state index contributed by atoms with van der Waals surface area (Å²) in [6.45, 7) is 2.56. The van der Waals surface area contributed by atoms with Gasteiger partial charge in [-0.05, 0) is 49.4 Å². The van der Waals surface area contributed by atoms with Crippen LogP contribution >= 0.6 is 0 Å². The zero-order valence-corrected chi connectivity index (χ0v) is 14.3. The fourth-order valence-electron chi connectivity index (χ4n) is 2.74. The molecule has 0 saturated heterocycles. The summed E-state index contributed by atoms with van der Waals surface area (Å²) in [4.78, 5) is 13.0. The average Bonchev–Trinajstić information content (AvgIpc) is 2.89. The van der Waals surface area contributed by atoms with Crippen LogP contribution in [0.4, 0.5) is 5.69 Å². The molecule has 0 spiro atoms. The number of ether oxygens (including phenoxy) is 1. The van der Waals surface area contributed by atoms with Crippen LogP contribution in [0.15, 0.2) is 77.3 Å². The van der Waals surface area contributed by atoms with E-state index in [1.165, 1.54) is 0 Å². The second-order valence-corrected chi connectivity index (χ2v) is 5.62. The zero-order chi connectivity index (χ0) is 17.8. The lowest BCUT2D eigenvalue weighted by Crippen LogP contribution is -2.19. The smallest absolute Gasteiger partial charge is 0.155 e. The number of hydrogen-bond acceptors (Lipinski definition) is 6. The maximum absolute atomic E-state index is 5.66. The summed E-state index contributed by atoms with van der Waals surface area (Å²) in [5, 5.41) is 4.62. The Bertz CT molecular complexity index is 968. The number of amidine groups is 1. The monoisotopic (exact) mass is 343 g/mol. The fourth-order valence-corrected chi connectivity index (χ4v) is 2.74. The molecule has 0 saturated carbocycles. The summed E-state index contributed by atoms with van der Waals surface area (Å²) in [7, 11) is 0. The molecule has 1 N–H and O–H groups in total. The van der Waals surface area contributed by atoms with Gasteiger partial charge in [0.25, 0.3) is 0 Å². The van der Waals surface area contributed by atoms with Crippen molar-refractivity contribution in [3.8, 4) is 5.75 Å². The van der Waals surface area contributed by atoms with Crippen molar-refractivity contribution in [1.29, 1.82) is 0 Å². The van der Waals surface area contributed by atoms with Crippen LogP contribution in [0, 0.1) is 0 Å². The number of pyridine rings is 2. The molecule has 3 heterocycles. The van der Waals surface area contributed by atoms with Gasteiger partial charge in [0.15, 0.2) is 5.84 Å². The van der Waals surface area contributed by atoms with Gasteiger partial charge in [0.05, 0.1) is 12.3 Å². The lowest BCUT2D eigenvalue weighted by atomic mass is 10.0. The Morgan fingerprint density at radius 3 is 2.62 bits per heavy atom. The van der Waals surface area contributed by atoms with Crippen molar-refractivity contribution in [2.45, 2.75) is 6.92 Å². The van der Waals surface area contributed by atoms with Crippen molar-refractivity contribution in [2.75, 3.05) is 6.61 Å². The normalized spacial score (nSPS) is 13.0. The number of rotatable bonds is 4. The first-order valence-electron chi connectivity index (χ1n) is 8.35. The van der Waals surface area contributed by atoms with Crippen LogP contribution in [-0.4, -0.2) is 28.1 Å². The van der Waals surface area contributed by atoms with E-state index in [-0.39, 0.29) is 0 Å². The molecular formula is C20H17N5O. The minimum atomic E-state index is 0.600. The Kier molecular flexibility index (Phi) is 4.38. The lowest BCUT2D eigenvalue weighted by Gasteiger charge is -2.10. The van der Waals surface area contributed by atoms with E-state index in [4.69, 9.17) is 9.73 Å². The second kappa shape index (κ2) is 7.14. The van der Waals surface area contributed by atoms with Crippen molar-refractivity contribution >= 4 is 17.2 Å². The maximum Gasteiger partial charge on any atom is 0.155 e. The van der Waals surface area contributed by atoms with Crippen molar-refractivity contribution in [2.24, 2.45) is 10.1 Å². The van der Waals surface area contributed by atoms with Gasteiger partial charge in [-0.1, -0.05) is 0 Å². The SMILES string of the molecule is CCOc1ccc2c(c1)C(c1ccncc1)=NNC(c1cccnc1)=N2. The Labute approximate surface area is 151 Å². The molecule has 1 aliphatic rings. The summed E-state index contributed by atoms with van der Waals surface area (Å²) < 4.78 is 5.66. The summed E-state index contributed by atoms with van der Waals surface area (Å²) in [6.07, 6.45) is 6.98. The quantitative estimate of drug-likeness (QED) is 0.789. The predicted molar refractivity (Wildman–Crippen MR) is 101 cm³/mol. The van der Waals surface area contributed by atoms with E-state index in [1.807, 2.05) is 49.4 Å². The number of fused-ring (bicyclic) bond motifs is 1. The number of aromatic nitrogens is 2. The van der Waals surface area contributed by atoms with Crippen LogP contribution in [0.5, 0.6) is 5.75 Å². The first-order chi connectivity index (χ1) is 12.8. The molecule has 4 rings (SSSR count). The van der Waals surface area contributed by atoms with Gasteiger partial charge < -0.3 is 4.74 Å². The molecule has 0 atom stereocenters. The molecule has 1 aromatic carbocycles. The van der Waals surface area contributed by atoms with Crippen molar-refractivity contribution in [1.82, 2.24) is 15.4 Å². The molecule has 128 valence electrons. The standard InChI is InChI=1S/C20H17N5O/c1-2-26-16-5-6-18-17(12-16)19(14-7-10-21-11-8-14)24-25-20(23-18)15-4-3-9-22-13-15/h3-13H,2H2,1H3,(H,23,25). The summed E-state index contributed by atoms with van der Waals surface area (Å²) >= 11 is 0. The highest BCUT2D eigenvalue weighted by Crippen LogP contribution is 2.29. The Hall–Kier alpha value is -3.54. The van der Waals surface area contributed by atoms with Crippen LogP contribution in [0.3, 0.4) is 0 Å². The minimum absolute atomic E-state index is 0.600. The van der Waals surface area contributed by atoms with Gasteiger partial charge in [0.1, 0.15) is 11.5 Å². The van der Waals surface area contributed by atoms with Crippen LogP contribution in [0.2, 0.25) is 0 Å². The third-order valence-corrected chi connectivity index (χ3v) is 3.93. The Balaban J connectivity index is 1.86. The molecule has 2 aromatic heterocycles. The van der Waals surface area contributed by atoms with Crippen LogP contribution in [-0.2, 0) is 0 Å². The van der Waals surface area contributed by atoms with E-state index in [0.29, 0.717) is 12.4 Å². The Morgan fingerprint density at radius 1 is 0.962 bits per heavy atom. The van der Waals surface area contributed by atoms with Crippen molar-refractivity contribution in [3.63, 3.8) is 0 Å². The summed E-state index contributed by atoms with van der Waals surface area (Å²) in [6, 6.07) is 13.5. The van der Waals surface area contributed by atoms with E-state index < -0.39 is 0 Å². The number of hydrazone groups is 1. The van der Waals surface area contributed by atoms with E-state index in [1.54, 1.807) is 24.8 Å². The minimum Gasteiger partial charge on any atom is -0.494 e. The molecule has 6 nitrogen and oxygen atoms in total. The number of hydrogen-bond donors (Lipinski definition) is 1. The summed E-state index contributed by atoms with van der Waals surface area (Å²) in [5.41, 5.74) is 7.39. The molecule has 3 aromatic rings. The predicted octanol–water partition coefficient (Wildman–Crippen LogP) is 3.31. The molecule has 0 amide bonds. The van der Waals surface area contributed by atoms with Crippen LogP contribution in [0.1, 0.15) is 23.6 Å². The first-order valence-corrected chi connectivity index (χ1v) is 8.35. The van der Waals surface area contributed by atoms with Crippen LogP contribution in [0.25, 0.3) is 0 Å². The third-order valence-electron chi connectivity index (χ3n) is 3.93. The summed E-state index contributed by atoms with van der Waals surface area (Å²) in [5.74, 6) is 1.43. The fraction of sp³-hybridized carbons (Fsp3) is 0.100. The highest BCUT2D eigenvalue weighted by Gasteiger charge is 2.18. The van der Waals surface area contributed by atoms with E-state index >= 15 is 0 Å². The van der Waals surface area contributed by atoms with Crippen molar-refractivity contribution < 1.29 is 4.74 Å². The maximum atomic E-state index is 5.66. The average molecular weight is 343 g/mol. The molecule has 0 aliphatic carbocycles. The van der Waals surface area contributed by atoms with Crippen molar-refractivity contribution in [3.05, 3.63) is 83.9 Å². The van der Waals surface area contributed by atoms with E-state index in [9.17, 15) is 0 Å².